The SMILES string of the molecule is CC1SCCS1.CCC. The van der Waals surface area contributed by atoms with Crippen molar-refractivity contribution in [3.05, 3.63) is 0 Å². The molecule has 0 aromatic heterocycles. The Balaban J connectivity index is 0.000000187. The van der Waals surface area contributed by atoms with Gasteiger partial charge in [-0.15, -0.1) is 23.5 Å². The molecule has 0 spiro atoms. The van der Waals surface area contributed by atoms with Crippen molar-refractivity contribution >= 4 is 23.5 Å². The molecule has 0 aromatic carbocycles. The molecule has 0 nitrogen and oxygen atoms in total. The molecule has 1 heterocycles. The van der Waals surface area contributed by atoms with E-state index in [1.165, 1.54) is 17.9 Å². The Morgan fingerprint density at radius 2 is 1.56 bits per heavy atom. The molecule has 0 bridgehead atoms. The van der Waals surface area contributed by atoms with E-state index in [9.17, 15) is 0 Å². The van der Waals surface area contributed by atoms with E-state index in [0.717, 1.165) is 4.58 Å². The first kappa shape index (κ1) is 9.70. The maximum absolute atomic E-state index is 2.27. The lowest BCUT2D eigenvalue weighted by molar-refractivity contribution is 1.09. The summed E-state index contributed by atoms with van der Waals surface area (Å²) in [5.74, 6) is 2.73. The molecule has 1 aliphatic heterocycles. The van der Waals surface area contributed by atoms with Crippen LogP contribution in [0.3, 0.4) is 0 Å². The predicted molar refractivity (Wildman–Crippen MR) is 50.3 cm³/mol. The minimum absolute atomic E-state index is 0.880. The van der Waals surface area contributed by atoms with Crippen LogP contribution in [0.4, 0.5) is 0 Å². The highest BCUT2D eigenvalue weighted by Gasteiger charge is 2.08. The fourth-order valence-corrected chi connectivity index (χ4v) is 2.87. The van der Waals surface area contributed by atoms with Gasteiger partial charge in [0.1, 0.15) is 0 Å². The number of hydrogen-bond donors (Lipinski definition) is 0. The molecular formula is C7H16S2. The number of hydrogen-bond acceptors (Lipinski definition) is 2. The lowest BCUT2D eigenvalue weighted by Gasteiger charge is -1.90. The van der Waals surface area contributed by atoms with Crippen LogP contribution < -0.4 is 0 Å². The van der Waals surface area contributed by atoms with Gasteiger partial charge in [0.2, 0.25) is 0 Å². The van der Waals surface area contributed by atoms with Crippen LogP contribution in [0.15, 0.2) is 0 Å². The van der Waals surface area contributed by atoms with Crippen LogP contribution in [0.2, 0.25) is 0 Å². The van der Waals surface area contributed by atoms with Gasteiger partial charge in [0.25, 0.3) is 0 Å². The lowest BCUT2D eigenvalue weighted by Crippen LogP contribution is -1.74. The van der Waals surface area contributed by atoms with Crippen molar-refractivity contribution in [2.24, 2.45) is 0 Å². The van der Waals surface area contributed by atoms with Crippen molar-refractivity contribution in [1.82, 2.24) is 0 Å². The third-order valence-electron chi connectivity index (χ3n) is 0.788. The molecule has 1 aliphatic rings. The third kappa shape index (κ3) is 6.59. The summed E-state index contributed by atoms with van der Waals surface area (Å²) in [5, 5.41) is 0. The van der Waals surface area contributed by atoms with Gasteiger partial charge in [-0.25, -0.2) is 0 Å². The maximum atomic E-state index is 2.27. The summed E-state index contributed by atoms with van der Waals surface area (Å²) >= 11 is 4.12. The first-order valence-corrected chi connectivity index (χ1v) is 5.64. The van der Waals surface area contributed by atoms with Gasteiger partial charge in [-0.05, 0) is 6.92 Å². The van der Waals surface area contributed by atoms with E-state index >= 15 is 0 Å². The average Bonchev–Trinajstić information content (AvgIpc) is 2.20. The van der Waals surface area contributed by atoms with Crippen molar-refractivity contribution in [2.45, 2.75) is 31.8 Å². The van der Waals surface area contributed by atoms with Gasteiger partial charge in [0, 0.05) is 16.1 Å². The Bertz CT molecular complexity index is 48.9. The van der Waals surface area contributed by atoms with Gasteiger partial charge in [-0.1, -0.05) is 20.3 Å². The normalized spacial score (nSPS) is 19.0. The van der Waals surface area contributed by atoms with Crippen LogP contribution >= 0.6 is 23.5 Å². The standard InChI is InChI=1S/C4H8S2.C3H8/c1-4-5-2-3-6-4;1-3-2/h4H,2-3H2,1H3;3H2,1-2H3. The molecule has 0 saturated carbocycles. The Labute approximate surface area is 67.2 Å². The summed E-state index contributed by atoms with van der Waals surface area (Å²) in [6.45, 7) is 6.52. The molecule has 0 atom stereocenters. The van der Waals surface area contributed by atoms with Crippen molar-refractivity contribution in [2.75, 3.05) is 11.5 Å². The quantitative estimate of drug-likeness (QED) is 0.539. The Morgan fingerprint density at radius 1 is 1.22 bits per heavy atom. The number of rotatable bonds is 0. The van der Waals surface area contributed by atoms with Crippen LogP contribution in [-0.4, -0.2) is 16.1 Å². The first-order valence-electron chi connectivity index (χ1n) is 3.54. The van der Waals surface area contributed by atoms with E-state index in [1.807, 2.05) is 0 Å². The predicted octanol–water partition coefficient (Wildman–Crippen LogP) is 3.23. The second kappa shape index (κ2) is 6.81. The van der Waals surface area contributed by atoms with Crippen molar-refractivity contribution < 1.29 is 0 Å². The van der Waals surface area contributed by atoms with E-state index in [0.29, 0.717) is 0 Å². The molecule has 0 aromatic rings. The van der Waals surface area contributed by atoms with Gasteiger partial charge in [0.15, 0.2) is 0 Å². The Morgan fingerprint density at radius 3 is 1.67 bits per heavy atom. The first-order chi connectivity index (χ1) is 4.31. The molecule has 9 heavy (non-hydrogen) atoms. The zero-order chi connectivity index (χ0) is 7.11. The number of thioether (sulfide) groups is 2. The molecular weight excluding hydrogens is 148 g/mol. The molecule has 1 rings (SSSR count). The van der Waals surface area contributed by atoms with Crippen LogP contribution in [0.25, 0.3) is 0 Å². The molecule has 0 aliphatic carbocycles. The van der Waals surface area contributed by atoms with Gasteiger partial charge in [0.05, 0.1) is 0 Å². The summed E-state index contributed by atoms with van der Waals surface area (Å²) < 4.78 is 0.880. The van der Waals surface area contributed by atoms with E-state index in [-0.39, 0.29) is 0 Å². The van der Waals surface area contributed by atoms with E-state index < -0.39 is 0 Å². The highest BCUT2D eigenvalue weighted by molar-refractivity contribution is 8.20. The minimum atomic E-state index is 0.880. The van der Waals surface area contributed by atoms with E-state index in [4.69, 9.17) is 0 Å². The zero-order valence-electron chi connectivity index (χ0n) is 6.52. The fourth-order valence-electron chi connectivity index (χ4n) is 0.476. The van der Waals surface area contributed by atoms with Crippen LogP contribution in [0.5, 0.6) is 0 Å². The smallest absolute Gasteiger partial charge is 0.0474 e. The highest BCUT2D eigenvalue weighted by atomic mass is 32.2. The molecule has 56 valence electrons. The van der Waals surface area contributed by atoms with Crippen molar-refractivity contribution in [3.63, 3.8) is 0 Å². The van der Waals surface area contributed by atoms with Gasteiger partial charge in [-0.2, -0.15) is 0 Å². The van der Waals surface area contributed by atoms with Crippen LogP contribution in [0.1, 0.15) is 27.2 Å². The monoisotopic (exact) mass is 164 g/mol. The molecule has 0 N–H and O–H groups in total. The summed E-state index contributed by atoms with van der Waals surface area (Å²) in [6.07, 6.45) is 1.25. The summed E-state index contributed by atoms with van der Waals surface area (Å²) in [6, 6.07) is 0. The van der Waals surface area contributed by atoms with E-state index in [2.05, 4.69) is 44.3 Å². The third-order valence-corrected chi connectivity index (χ3v) is 3.68. The van der Waals surface area contributed by atoms with Gasteiger partial charge < -0.3 is 0 Å². The second-order valence-corrected chi connectivity index (χ2v) is 5.21. The lowest BCUT2D eigenvalue weighted by atomic mass is 10.6. The molecule has 1 saturated heterocycles. The minimum Gasteiger partial charge on any atom is -0.147 e. The molecule has 0 radical (unpaired) electrons. The fraction of sp³-hybridized carbons (Fsp3) is 1.00. The highest BCUT2D eigenvalue weighted by Crippen LogP contribution is 2.30. The van der Waals surface area contributed by atoms with E-state index in [1.54, 1.807) is 0 Å². The van der Waals surface area contributed by atoms with Crippen molar-refractivity contribution in [1.29, 1.82) is 0 Å². The summed E-state index contributed by atoms with van der Waals surface area (Å²) in [7, 11) is 0. The molecule has 0 amide bonds. The summed E-state index contributed by atoms with van der Waals surface area (Å²) in [4.78, 5) is 0. The largest absolute Gasteiger partial charge is 0.147 e. The van der Waals surface area contributed by atoms with Crippen LogP contribution in [0, 0.1) is 0 Å². The molecule has 1 fully saturated rings. The Kier molecular flexibility index (Phi) is 7.34. The molecule has 0 unspecified atom stereocenters. The average molecular weight is 164 g/mol. The van der Waals surface area contributed by atoms with Crippen LogP contribution in [-0.2, 0) is 0 Å². The van der Waals surface area contributed by atoms with Gasteiger partial charge >= 0.3 is 0 Å². The second-order valence-electron chi connectivity index (χ2n) is 2.02. The van der Waals surface area contributed by atoms with Crippen molar-refractivity contribution in [3.8, 4) is 0 Å². The van der Waals surface area contributed by atoms with Gasteiger partial charge in [-0.3, -0.25) is 0 Å². The topological polar surface area (TPSA) is 0 Å². The Hall–Kier alpha value is 0.700. The summed E-state index contributed by atoms with van der Waals surface area (Å²) in [5.41, 5.74) is 0. The molecule has 2 heteroatoms. The zero-order valence-corrected chi connectivity index (χ0v) is 8.15. The maximum Gasteiger partial charge on any atom is 0.0474 e.